The summed E-state index contributed by atoms with van der Waals surface area (Å²) < 4.78 is 52.9. The van der Waals surface area contributed by atoms with Gasteiger partial charge in [-0.05, 0) is 64.8 Å². The van der Waals surface area contributed by atoms with E-state index in [0.29, 0.717) is 21.2 Å². The Kier molecular flexibility index (Phi) is 9.26. The van der Waals surface area contributed by atoms with Crippen LogP contribution in [0.25, 0.3) is 22.3 Å². The highest BCUT2D eigenvalue weighted by atomic mass is 79.9. The first kappa shape index (κ1) is 31.7. The van der Waals surface area contributed by atoms with E-state index in [1.165, 1.54) is 31.5 Å². The Morgan fingerprint density at radius 1 is 1.09 bits per heavy atom. The largest absolute Gasteiger partial charge is 0.493 e. The molecular formula is C32H23BrClF3N4O4. The number of alkyl halides is 3. The third-order valence-electron chi connectivity index (χ3n) is 6.66. The summed E-state index contributed by atoms with van der Waals surface area (Å²) >= 11 is 10.0. The number of ether oxygens (including phenoxy) is 2. The number of methoxy groups -OCH3 is 1. The number of hydrogen-bond donors (Lipinski definition) is 1. The summed E-state index contributed by atoms with van der Waals surface area (Å²) in [6, 6.07) is 19.7. The van der Waals surface area contributed by atoms with Gasteiger partial charge in [-0.15, -0.1) is 0 Å². The molecule has 1 aromatic heterocycles. The lowest BCUT2D eigenvalue weighted by Crippen LogP contribution is -2.21. The van der Waals surface area contributed by atoms with Crippen LogP contribution in [0.15, 0.2) is 93.2 Å². The van der Waals surface area contributed by atoms with E-state index in [2.05, 4.69) is 31.3 Å². The van der Waals surface area contributed by atoms with Crippen molar-refractivity contribution in [3.05, 3.63) is 115 Å². The number of carbonyl (C=O) groups excluding carboxylic acids is 1. The molecule has 0 unspecified atom stereocenters. The molecule has 0 aliphatic rings. The summed E-state index contributed by atoms with van der Waals surface area (Å²) in [6.45, 7) is 1.49. The number of carbonyl (C=O) groups is 1. The minimum atomic E-state index is -4.61. The molecule has 230 valence electrons. The van der Waals surface area contributed by atoms with Gasteiger partial charge in [-0.25, -0.2) is 4.98 Å². The number of para-hydroxylation sites is 2. The molecule has 0 radical (unpaired) electrons. The van der Waals surface area contributed by atoms with Crippen LogP contribution in [0.3, 0.4) is 0 Å². The average molecular weight is 700 g/mol. The van der Waals surface area contributed by atoms with Crippen molar-refractivity contribution in [2.24, 2.45) is 5.10 Å². The Morgan fingerprint density at radius 3 is 2.56 bits per heavy atom. The van der Waals surface area contributed by atoms with Crippen LogP contribution in [0.2, 0.25) is 5.02 Å². The summed E-state index contributed by atoms with van der Waals surface area (Å²) in [4.78, 5) is 30.5. The molecule has 5 rings (SSSR count). The molecule has 0 saturated heterocycles. The van der Waals surface area contributed by atoms with E-state index in [0.717, 1.165) is 22.4 Å². The summed E-state index contributed by atoms with van der Waals surface area (Å²) in [5.41, 5.74) is 0.680. The Labute approximate surface area is 268 Å². The molecule has 1 heterocycles. The van der Waals surface area contributed by atoms with Gasteiger partial charge in [-0.1, -0.05) is 54.1 Å². The van der Waals surface area contributed by atoms with E-state index in [1.54, 1.807) is 36.4 Å². The molecule has 0 bridgehead atoms. The lowest BCUT2D eigenvalue weighted by atomic mass is 10.1. The minimum Gasteiger partial charge on any atom is -0.493 e. The van der Waals surface area contributed by atoms with Gasteiger partial charge in [0.15, 0.2) is 23.9 Å². The van der Waals surface area contributed by atoms with Crippen LogP contribution in [0, 0.1) is 6.92 Å². The third-order valence-corrected chi connectivity index (χ3v) is 8.10. The van der Waals surface area contributed by atoms with Crippen LogP contribution in [-0.4, -0.2) is 35.5 Å². The first-order valence-electron chi connectivity index (χ1n) is 13.3. The Balaban J connectivity index is 1.51. The molecule has 13 heteroatoms. The van der Waals surface area contributed by atoms with Gasteiger partial charge in [0, 0.05) is 21.3 Å². The van der Waals surface area contributed by atoms with Crippen LogP contribution in [0.1, 0.15) is 16.7 Å². The minimum absolute atomic E-state index is 0.0345. The molecule has 8 nitrogen and oxygen atoms in total. The zero-order valence-electron chi connectivity index (χ0n) is 23.7. The van der Waals surface area contributed by atoms with Crippen LogP contribution in [-0.2, 0) is 11.0 Å². The number of amides is 1. The van der Waals surface area contributed by atoms with Gasteiger partial charge in [-0.2, -0.15) is 22.9 Å². The highest BCUT2D eigenvalue weighted by Crippen LogP contribution is 2.42. The topological polar surface area (TPSA) is 94.8 Å². The van der Waals surface area contributed by atoms with Gasteiger partial charge in [-0.3, -0.25) is 9.59 Å². The molecule has 0 saturated carbocycles. The standard InChI is InChI=1S/C32H23BrClF3N4O4/c1-18-8-3-5-12-23(18)39-26(42)17-45-29-25(44-2)15-20(27(33)28(29)34)16-38-41-30(19-9-7-10-21(14-19)32(35,36)37)40-24-13-6-4-11-22(24)31(41)43/h3-16H,17H2,1-2H3,(H,39,42). The molecule has 45 heavy (non-hydrogen) atoms. The monoisotopic (exact) mass is 698 g/mol. The number of fused-ring (bicyclic) bond motifs is 1. The second kappa shape index (κ2) is 13.1. The fraction of sp³-hybridized carbons (Fsp3) is 0.125. The molecule has 4 aromatic carbocycles. The van der Waals surface area contributed by atoms with E-state index in [4.69, 9.17) is 21.1 Å². The van der Waals surface area contributed by atoms with Gasteiger partial charge >= 0.3 is 6.18 Å². The first-order valence-corrected chi connectivity index (χ1v) is 14.4. The number of benzene rings is 4. The predicted molar refractivity (Wildman–Crippen MR) is 170 cm³/mol. The van der Waals surface area contributed by atoms with E-state index in [-0.39, 0.29) is 39.9 Å². The Bertz CT molecular complexity index is 2010. The number of nitrogens with zero attached hydrogens (tertiary/aromatic N) is 3. The van der Waals surface area contributed by atoms with E-state index in [9.17, 15) is 22.8 Å². The fourth-order valence-electron chi connectivity index (χ4n) is 4.39. The second-order valence-electron chi connectivity index (χ2n) is 9.67. The normalized spacial score (nSPS) is 11.6. The number of aromatic nitrogens is 2. The predicted octanol–water partition coefficient (Wildman–Crippen LogP) is 7.71. The van der Waals surface area contributed by atoms with Crippen LogP contribution >= 0.6 is 27.5 Å². The van der Waals surface area contributed by atoms with Crippen LogP contribution in [0.4, 0.5) is 18.9 Å². The lowest BCUT2D eigenvalue weighted by molar-refractivity contribution is -0.137. The molecule has 0 aliphatic heterocycles. The molecule has 1 amide bonds. The summed E-state index contributed by atoms with van der Waals surface area (Å²) in [5, 5.41) is 7.36. The smallest absolute Gasteiger partial charge is 0.416 e. The molecule has 0 spiro atoms. The average Bonchev–Trinajstić information content (AvgIpc) is 3.02. The molecule has 1 N–H and O–H groups in total. The number of anilines is 1. The van der Waals surface area contributed by atoms with Crippen molar-refractivity contribution in [2.45, 2.75) is 13.1 Å². The lowest BCUT2D eigenvalue weighted by Gasteiger charge is -2.15. The van der Waals surface area contributed by atoms with Crippen LogP contribution < -0.4 is 20.3 Å². The summed E-state index contributed by atoms with van der Waals surface area (Å²) in [6.07, 6.45) is -3.33. The van der Waals surface area contributed by atoms with Gasteiger partial charge in [0.05, 0.1) is 29.8 Å². The highest BCUT2D eigenvalue weighted by molar-refractivity contribution is 9.10. The van der Waals surface area contributed by atoms with Crippen molar-refractivity contribution in [2.75, 3.05) is 19.0 Å². The zero-order chi connectivity index (χ0) is 32.3. The van der Waals surface area contributed by atoms with E-state index in [1.807, 2.05) is 19.1 Å². The maximum absolute atomic E-state index is 13.5. The maximum Gasteiger partial charge on any atom is 0.416 e. The van der Waals surface area contributed by atoms with Gasteiger partial charge in [0.1, 0.15) is 5.02 Å². The zero-order valence-corrected chi connectivity index (χ0v) is 26.0. The van der Waals surface area contributed by atoms with Crippen molar-refractivity contribution in [1.82, 2.24) is 9.66 Å². The summed E-state index contributed by atoms with van der Waals surface area (Å²) in [5.74, 6) is -0.280. The number of rotatable bonds is 8. The van der Waals surface area contributed by atoms with Crippen molar-refractivity contribution in [3.8, 4) is 22.9 Å². The summed E-state index contributed by atoms with van der Waals surface area (Å²) in [7, 11) is 1.38. The van der Waals surface area contributed by atoms with E-state index >= 15 is 0 Å². The van der Waals surface area contributed by atoms with Gasteiger partial charge in [0.2, 0.25) is 0 Å². The fourth-order valence-corrected chi connectivity index (χ4v) is 5.05. The highest BCUT2D eigenvalue weighted by Gasteiger charge is 2.31. The second-order valence-corrected chi connectivity index (χ2v) is 10.8. The SMILES string of the molecule is COc1cc(C=Nn2c(-c3cccc(C(F)(F)F)c3)nc3ccccc3c2=O)c(Br)c(Cl)c1OCC(=O)Nc1ccccc1C. The van der Waals surface area contributed by atoms with Crippen molar-refractivity contribution in [3.63, 3.8) is 0 Å². The molecule has 0 aliphatic carbocycles. The Morgan fingerprint density at radius 2 is 1.82 bits per heavy atom. The van der Waals surface area contributed by atoms with Crippen LogP contribution in [0.5, 0.6) is 11.5 Å². The van der Waals surface area contributed by atoms with Crippen molar-refractivity contribution < 1.29 is 27.4 Å². The number of aryl methyl sites for hydroxylation is 1. The van der Waals surface area contributed by atoms with Crippen molar-refractivity contribution >= 4 is 56.2 Å². The van der Waals surface area contributed by atoms with E-state index < -0.39 is 23.2 Å². The number of halogens is 5. The van der Waals surface area contributed by atoms with Gasteiger partial charge < -0.3 is 14.8 Å². The third kappa shape index (κ3) is 6.86. The molecule has 0 atom stereocenters. The number of hydrogen-bond acceptors (Lipinski definition) is 6. The molecule has 5 aromatic rings. The van der Waals surface area contributed by atoms with Crippen molar-refractivity contribution in [1.29, 1.82) is 0 Å². The molecule has 0 fully saturated rings. The molecular weight excluding hydrogens is 677 g/mol. The maximum atomic E-state index is 13.5. The number of nitrogens with one attached hydrogen (secondary N) is 1. The Hall–Kier alpha value is -4.68. The van der Waals surface area contributed by atoms with Gasteiger partial charge in [0.25, 0.3) is 11.5 Å². The first-order chi connectivity index (χ1) is 21.5. The quantitative estimate of drug-likeness (QED) is 0.168.